The van der Waals surface area contributed by atoms with Crippen LogP contribution >= 0.6 is 0 Å². The standard InChI is InChI=1S/C22H19N5O4/c23-11-13-4-3-5-14(10-13)25-22(31)24-12-18-15-6-1-2-7-16(15)21(30)27(18)17-8-9-19(28)26-20(17)29/h1-7,10,17-18H,8-9,12H2,(H2,24,25,31)(H,26,28,29). The fraction of sp³-hybridized carbons (Fsp3) is 0.227. The summed E-state index contributed by atoms with van der Waals surface area (Å²) in [5, 5.41) is 16.7. The summed E-state index contributed by atoms with van der Waals surface area (Å²) in [6.07, 6.45) is 0.375. The summed E-state index contributed by atoms with van der Waals surface area (Å²) < 4.78 is 0. The van der Waals surface area contributed by atoms with Crippen LogP contribution in [0.15, 0.2) is 48.5 Å². The third kappa shape index (κ3) is 3.96. The molecule has 2 aromatic rings. The maximum Gasteiger partial charge on any atom is 0.319 e. The molecule has 31 heavy (non-hydrogen) atoms. The van der Waals surface area contributed by atoms with Gasteiger partial charge in [0.25, 0.3) is 5.91 Å². The molecule has 0 aromatic heterocycles. The van der Waals surface area contributed by atoms with E-state index in [9.17, 15) is 19.2 Å². The largest absolute Gasteiger partial charge is 0.335 e. The van der Waals surface area contributed by atoms with Crippen molar-refractivity contribution in [3.05, 3.63) is 65.2 Å². The zero-order valence-corrected chi connectivity index (χ0v) is 16.4. The third-order valence-electron chi connectivity index (χ3n) is 5.37. The molecular weight excluding hydrogens is 398 g/mol. The highest BCUT2D eigenvalue weighted by molar-refractivity contribution is 6.06. The minimum atomic E-state index is -0.792. The molecule has 1 fully saturated rings. The molecule has 2 aliphatic rings. The van der Waals surface area contributed by atoms with Gasteiger partial charge in [-0.05, 0) is 36.2 Å². The van der Waals surface area contributed by atoms with E-state index in [1.807, 2.05) is 6.07 Å². The first-order valence-electron chi connectivity index (χ1n) is 9.78. The fourth-order valence-electron chi connectivity index (χ4n) is 3.96. The first-order chi connectivity index (χ1) is 15.0. The van der Waals surface area contributed by atoms with Gasteiger partial charge in [-0.15, -0.1) is 0 Å². The molecule has 2 heterocycles. The zero-order valence-electron chi connectivity index (χ0n) is 16.4. The van der Waals surface area contributed by atoms with E-state index in [-0.39, 0.29) is 31.2 Å². The lowest BCUT2D eigenvalue weighted by Gasteiger charge is -2.34. The van der Waals surface area contributed by atoms with Crippen molar-refractivity contribution in [2.24, 2.45) is 0 Å². The van der Waals surface area contributed by atoms with E-state index in [0.717, 1.165) is 0 Å². The molecule has 0 radical (unpaired) electrons. The molecule has 2 unspecified atom stereocenters. The van der Waals surface area contributed by atoms with Crippen LogP contribution in [-0.2, 0) is 9.59 Å². The van der Waals surface area contributed by atoms with E-state index in [1.165, 1.54) is 4.90 Å². The number of imide groups is 1. The SMILES string of the molecule is N#Cc1cccc(NC(=O)NCC2c3ccccc3C(=O)N2C2CCC(=O)NC2=O)c1. The van der Waals surface area contributed by atoms with Crippen LogP contribution in [0, 0.1) is 11.3 Å². The highest BCUT2D eigenvalue weighted by Gasteiger charge is 2.44. The fourth-order valence-corrected chi connectivity index (χ4v) is 3.96. The molecule has 0 bridgehead atoms. The van der Waals surface area contributed by atoms with Crippen molar-refractivity contribution in [1.82, 2.24) is 15.5 Å². The van der Waals surface area contributed by atoms with Gasteiger partial charge >= 0.3 is 6.03 Å². The summed E-state index contributed by atoms with van der Waals surface area (Å²) in [7, 11) is 0. The van der Waals surface area contributed by atoms with Crippen molar-refractivity contribution < 1.29 is 19.2 Å². The van der Waals surface area contributed by atoms with E-state index in [4.69, 9.17) is 5.26 Å². The summed E-state index contributed by atoms with van der Waals surface area (Å²) in [5.41, 5.74) is 2.06. The molecule has 2 atom stereocenters. The average molecular weight is 417 g/mol. The number of rotatable bonds is 4. The quantitative estimate of drug-likeness (QED) is 0.652. The molecule has 2 aliphatic heterocycles. The van der Waals surface area contributed by atoms with Crippen molar-refractivity contribution in [2.45, 2.75) is 24.9 Å². The number of nitrogens with one attached hydrogen (secondary N) is 3. The average Bonchev–Trinajstić information content (AvgIpc) is 3.04. The summed E-state index contributed by atoms with van der Waals surface area (Å²) >= 11 is 0. The Morgan fingerprint density at radius 3 is 2.74 bits per heavy atom. The molecule has 3 N–H and O–H groups in total. The number of piperidine rings is 1. The number of carbonyl (C=O) groups is 4. The lowest BCUT2D eigenvalue weighted by molar-refractivity contribution is -0.137. The van der Waals surface area contributed by atoms with E-state index in [0.29, 0.717) is 22.4 Å². The number of amides is 5. The summed E-state index contributed by atoms with van der Waals surface area (Å²) in [4.78, 5) is 50.9. The van der Waals surface area contributed by atoms with E-state index in [1.54, 1.807) is 48.5 Å². The Hall–Kier alpha value is -4.19. The lowest BCUT2D eigenvalue weighted by atomic mass is 10.0. The van der Waals surface area contributed by atoms with Crippen LogP contribution in [0.5, 0.6) is 0 Å². The Morgan fingerprint density at radius 2 is 1.97 bits per heavy atom. The Labute approximate surface area is 178 Å². The number of carbonyl (C=O) groups excluding carboxylic acids is 4. The number of fused-ring (bicyclic) bond motifs is 1. The number of nitriles is 1. The first kappa shape index (κ1) is 20.1. The second-order valence-corrected chi connectivity index (χ2v) is 7.31. The highest BCUT2D eigenvalue weighted by atomic mass is 16.2. The number of hydrogen-bond donors (Lipinski definition) is 3. The second kappa shape index (κ2) is 8.28. The molecular formula is C22H19N5O4. The number of nitrogens with zero attached hydrogens (tertiary/aromatic N) is 2. The van der Waals surface area contributed by atoms with Gasteiger partial charge in [-0.25, -0.2) is 4.79 Å². The second-order valence-electron chi connectivity index (χ2n) is 7.31. The van der Waals surface area contributed by atoms with Gasteiger partial charge in [0.05, 0.1) is 17.7 Å². The van der Waals surface area contributed by atoms with Crippen molar-refractivity contribution in [3.63, 3.8) is 0 Å². The predicted octanol–water partition coefficient (Wildman–Crippen LogP) is 1.68. The molecule has 0 aliphatic carbocycles. The van der Waals surface area contributed by atoms with Gasteiger partial charge in [-0.1, -0.05) is 24.3 Å². The van der Waals surface area contributed by atoms with Crippen LogP contribution < -0.4 is 16.0 Å². The Morgan fingerprint density at radius 1 is 1.16 bits per heavy atom. The van der Waals surface area contributed by atoms with Crippen molar-refractivity contribution >= 4 is 29.4 Å². The molecule has 9 heteroatoms. The van der Waals surface area contributed by atoms with Crippen LogP contribution in [0.4, 0.5) is 10.5 Å². The zero-order chi connectivity index (χ0) is 22.0. The highest BCUT2D eigenvalue weighted by Crippen LogP contribution is 2.36. The van der Waals surface area contributed by atoms with Gasteiger partial charge in [-0.2, -0.15) is 5.26 Å². The predicted molar refractivity (Wildman–Crippen MR) is 110 cm³/mol. The van der Waals surface area contributed by atoms with E-state index >= 15 is 0 Å². The van der Waals surface area contributed by atoms with Crippen LogP contribution in [0.25, 0.3) is 0 Å². The maximum absolute atomic E-state index is 13.0. The monoisotopic (exact) mass is 417 g/mol. The molecule has 1 saturated heterocycles. The van der Waals surface area contributed by atoms with Crippen molar-refractivity contribution in [3.8, 4) is 6.07 Å². The van der Waals surface area contributed by atoms with Gasteiger partial charge in [0.1, 0.15) is 6.04 Å². The van der Waals surface area contributed by atoms with Gasteiger partial charge in [0, 0.05) is 24.2 Å². The summed E-state index contributed by atoms with van der Waals surface area (Å²) in [6, 6.07) is 13.7. The van der Waals surface area contributed by atoms with E-state index < -0.39 is 24.0 Å². The number of benzene rings is 2. The topological polar surface area (TPSA) is 131 Å². The Balaban J connectivity index is 1.52. The minimum absolute atomic E-state index is 0.0737. The van der Waals surface area contributed by atoms with Crippen LogP contribution in [0.2, 0.25) is 0 Å². The number of hydrogen-bond acceptors (Lipinski definition) is 5. The van der Waals surface area contributed by atoms with Crippen LogP contribution in [-0.4, -0.2) is 41.2 Å². The van der Waals surface area contributed by atoms with Gasteiger partial charge < -0.3 is 15.5 Å². The molecule has 2 aromatic carbocycles. The van der Waals surface area contributed by atoms with Crippen LogP contribution in [0.3, 0.4) is 0 Å². The summed E-state index contributed by atoms with van der Waals surface area (Å²) in [6.45, 7) is 0.0737. The van der Waals surface area contributed by atoms with Crippen LogP contribution in [0.1, 0.15) is 40.4 Å². The molecule has 0 spiro atoms. The smallest absolute Gasteiger partial charge is 0.319 e. The van der Waals surface area contributed by atoms with Gasteiger partial charge in [-0.3, -0.25) is 19.7 Å². The molecule has 4 rings (SSSR count). The summed E-state index contributed by atoms with van der Waals surface area (Å²) in [5.74, 6) is -1.18. The normalized spacial score (nSPS) is 20.0. The molecule has 0 saturated carbocycles. The Kier molecular flexibility index (Phi) is 5.37. The molecule has 156 valence electrons. The number of anilines is 1. The molecule has 5 amide bonds. The van der Waals surface area contributed by atoms with Crippen molar-refractivity contribution in [1.29, 1.82) is 5.26 Å². The first-order valence-corrected chi connectivity index (χ1v) is 9.78. The van der Waals surface area contributed by atoms with E-state index in [2.05, 4.69) is 16.0 Å². The van der Waals surface area contributed by atoms with Gasteiger partial charge in [0.2, 0.25) is 11.8 Å². The lowest BCUT2D eigenvalue weighted by Crippen LogP contribution is -2.54. The third-order valence-corrected chi connectivity index (χ3v) is 5.37. The Bertz CT molecular complexity index is 1120. The molecule has 9 nitrogen and oxygen atoms in total. The van der Waals surface area contributed by atoms with Crippen molar-refractivity contribution in [2.75, 3.05) is 11.9 Å². The number of urea groups is 1. The van der Waals surface area contributed by atoms with Gasteiger partial charge in [0.15, 0.2) is 0 Å². The minimum Gasteiger partial charge on any atom is -0.335 e. The maximum atomic E-state index is 13.0.